The van der Waals surface area contributed by atoms with Crippen LogP contribution in [0.1, 0.15) is 23.6 Å². The summed E-state index contributed by atoms with van der Waals surface area (Å²) in [7, 11) is 0. The Morgan fingerprint density at radius 1 is 1.42 bits per heavy atom. The first kappa shape index (κ1) is 9.75. The Balaban J connectivity index is 2.24. The Labute approximate surface area is 78.8 Å². The largest absolute Gasteiger partial charge is 0.314 e. The molecule has 0 aromatic carbocycles. The molecule has 2 heteroatoms. The zero-order valence-electron chi connectivity index (χ0n) is 8.05. The maximum atomic E-state index is 3.41. The molecule has 0 aliphatic heterocycles. The van der Waals surface area contributed by atoms with E-state index in [1.165, 1.54) is 9.75 Å². The van der Waals surface area contributed by atoms with Gasteiger partial charge in [-0.25, -0.2) is 0 Å². The van der Waals surface area contributed by atoms with Crippen LogP contribution in [0.3, 0.4) is 0 Å². The van der Waals surface area contributed by atoms with Crippen molar-refractivity contribution in [1.82, 2.24) is 5.32 Å². The summed E-state index contributed by atoms with van der Waals surface area (Å²) in [6.07, 6.45) is 1.16. The zero-order chi connectivity index (χ0) is 8.97. The van der Waals surface area contributed by atoms with Crippen LogP contribution >= 0.6 is 11.3 Å². The minimum Gasteiger partial charge on any atom is -0.314 e. The maximum Gasteiger partial charge on any atom is 0.00606 e. The fraction of sp³-hybridized carbons (Fsp3) is 0.600. The second-order valence-electron chi connectivity index (χ2n) is 3.37. The predicted octanol–water partition coefficient (Wildman–Crippen LogP) is 2.60. The molecule has 0 spiro atoms. The normalized spacial score (nSPS) is 11.0. The highest BCUT2D eigenvalue weighted by molar-refractivity contribution is 7.11. The summed E-state index contributed by atoms with van der Waals surface area (Å²) in [5.74, 6) is 0. The predicted molar refractivity (Wildman–Crippen MR) is 55.9 cm³/mol. The number of hydrogen-bond donors (Lipinski definition) is 1. The first-order valence-corrected chi connectivity index (χ1v) is 5.29. The third-order valence-corrected chi connectivity index (χ3v) is 2.78. The fourth-order valence-corrected chi connectivity index (χ4v) is 1.99. The quantitative estimate of drug-likeness (QED) is 0.756. The van der Waals surface area contributed by atoms with E-state index in [1.807, 2.05) is 11.3 Å². The molecule has 0 saturated heterocycles. The van der Waals surface area contributed by atoms with Gasteiger partial charge in [-0.05, 0) is 25.5 Å². The van der Waals surface area contributed by atoms with E-state index in [0.717, 1.165) is 13.0 Å². The van der Waals surface area contributed by atoms with Gasteiger partial charge in [-0.2, -0.15) is 0 Å². The smallest absolute Gasteiger partial charge is 0.00606 e. The van der Waals surface area contributed by atoms with Crippen molar-refractivity contribution in [3.8, 4) is 0 Å². The van der Waals surface area contributed by atoms with Crippen LogP contribution in [0, 0.1) is 6.92 Å². The molecule has 1 heterocycles. The van der Waals surface area contributed by atoms with Gasteiger partial charge in [-0.1, -0.05) is 13.8 Å². The van der Waals surface area contributed by atoms with Crippen molar-refractivity contribution in [2.45, 2.75) is 33.2 Å². The first-order chi connectivity index (χ1) is 5.68. The van der Waals surface area contributed by atoms with Crippen LogP contribution in [-0.4, -0.2) is 12.6 Å². The molecular weight excluding hydrogens is 166 g/mol. The number of rotatable bonds is 4. The molecular formula is C10H17NS. The summed E-state index contributed by atoms with van der Waals surface area (Å²) in [4.78, 5) is 2.90. The van der Waals surface area contributed by atoms with Crippen LogP contribution in [0.5, 0.6) is 0 Å². The second-order valence-corrected chi connectivity index (χ2v) is 4.74. The molecule has 68 valence electrons. The molecule has 0 radical (unpaired) electrons. The average Bonchev–Trinajstić information content (AvgIpc) is 2.35. The van der Waals surface area contributed by atoms with E-state index in [4.69, 9.17) is 0 Å². The highest BCUT2D eigenvalue weighted by Crippen LogP contribution is 2.14. The third kappa shape index (κ3) is 3.37. The Morgan fingerprint density at radius 2 is 2.17 bits per heavy atom. The SMILES string of the molecule is Cc1ccc(CCNC(C)C)s1. The average molecular weight is 183 g/mol. The summed E-state index contributed by atoms with van der Waals surface area (Å²) >= 11 is 1.90. The standard InChI is InChI=1S/C10H17NS/c1-8(2)11-7-6-10-5-4-9(3)12-10/h4-5,8,11H,6-7H2,1-3H3. The minimum absolute atomic E-state index is 0.603. The Hall–Kier alpha value is -0.340. The van der Waals surface area contributed by atoms with Crippen LogP contribution in [0.2, 0.25) is 0 Å². The first-order valence-electron chi connectivity index (χ1n) is 4.47. The lowest BCUT2D eigenvalue weighted by molar-refractivity contribution is 0.592. The van der Waals surface area contributed by atoms with Gasteiger partial charge in [0.25, 0.3) is 0 Å². The molecule has 1 rings (SSSR count). The minimum atomic E-state index is 0.603. The van der Waals surface area contributed by atoms with Crippen LogP contribution in [0.4, 0.5) is 0 Å². The van der Waals surface area contributed by atoms with Gasteiger partial charge in [0.2, 0.25) is 0 Å². The van der Waals surface area contributed by atoms with Crippen LogP contribution in [0.15, 0.2) is 12.1 Å². The van der Waals surface area contributed by atoms with Crippen LogP contribution in [-0.2, 0) is 6.42 Å². The molecule has 0 bridgehead atoms. The number of nitrogens with one attached hydrogen (secondary N) is 1. The molecule has 1 aromatic heterocycles. The van der Waals surface area contributed by atoms with E-state index in [9.17, 15) is 0 Å². The van der Waals surface area contributed by atoms with Crippen molar-refractivity contribution in [3.63, 3.8) is 0 Å². The molecule has 12 heavy (non-hydrogen) atoms. The van der Waals surface area contributed by atoms with Crippen LogP contribution in [0.25, 0.3) is 0 Å². The van der Waals surface area contributed by atoms with Gasteiger partial charge in [0, 0.05) is 22.3 Å². The maximum absolute atomic E-state index is 3.41. The molecule has 1 nitrogen and oxygen atoms in total. The molecule has 0 unspecified atom stereocenters. The van der Waals surface area contributed by atoms with Crippen molar-refractivity contribution >= 4 is 11.3 Å². The fourth-order valence-electron chi connectivity index (χ4n) is 1.10. The van der Waals surface area contributed by atoms with Crippen molar-refractivity contribution in [3.05, 3.63) is 21.9 Å². The summed E-state index contributed by atoms with van der Waals surface area (Å²) in [6.45, 7) is 7.61. The van der Waals surface area contributed by atoms with E-state index in [1.54, 1.807) is 0 Å². The molecule has 0 aliphatic rings. The molecule has 0 amide bonds. The van der Waals surface area contributed by atoms with E-state index in [-0.39, 0.29) is 0 Å². The monoisotopic (exact) mass is 183 g/mol. The Kier molecular flexibility index (Phi) is 3.76. The van der Waals surface area contributed by atoms with Gasteiger partial charge in [0.1, 0.15) is 0 Å². The topological polar surface area (TPSA) is 12.0 Å². The summed E-state index contributed by atoms with van der Waals surface area (Å²) in [6, 6.07) is 5.02. The molecule has 0 fully saturated rings. The summed E-state index contributed by atoms with van der Waals surface area (Å²) in [5, 5.41) is 3.41. The molecule has 1 N–H and O–H groups in total. The van der Waals surface area contributed by atoms with Gasteiger partial charge in [-0.15, -0.1) is 11.3 Å². The van der Waals surface area contributed by atoms with Gasteiger partial charge in [-0.3, -0.25) is 0 Å². The third-order valence-electron chi connectivity index (χ3n) is 1.72. The number of thiophene rings is 1. The lowest BCUT2D eigenvalue weighted by Gasteiger charge is -2.05. The number of aryl methyl sites for hydroxylation is 1. The highest BCUT2D eigenvalue weighted by Gasteiger charge is 1.96. The van der Waals surface area contributed by atoms with E-state index in [2.05, 4.69) is 38.2 Å². The Morgan fingerprint density at radius 3 is 2.67 bits per heavy atom. The molecule has 0 saturated carbocycles. The second kappa shape index (κ2) is 4.63. The zero-order valence-corrected chi connectivity index (χ0v) is 8.87. The van der Waals surface area contributed by atoms with Crippen molar-refractivity contribution in [1.29, 1.82) is 0 Å². The molecule has 0 atom stereocenters. The van der Waals surface area contributed by atoms with Crippen molar-refractivity contribution in [2.24, 2.45) is 0 Å². The Bertz CT molecular complexity index is 227. The van der Waals surface area contributed by atoms with E-state index < -0.39 is 0 Å². The summed E-state index contributed by atoms with van der Waals surface area (Å²) < 4.78 is 0. The molecule has 0 aliphatic carbocycles. The van der Waals surface area contributed by atoms with Gasteiger partial charge in [0.05, 0.1) is 0 Å². The van der Waals surface area contributed by atoms with Crippen LogP contribution < -0.4 is 5.32 Å². The van der Waals surface area contributed by atoms with Crippen molar-refractivity contribution < 1.29 is 0 Å². The summed E-state index contributed by atoms with van der Waals surface area (Å²) in [5.41, 5.74) is 0. The van der Waals surface area contributed by atoms with Gasteiger partial charge in [0.15, 0.2) is 0 Å². The van der Waals surface area contributed by atoms with Gasteiger partial charge >= 0.3 is 0 Å². The van der Waals surface area contributed by atoms with E-state index >= 15 is 0 Å². The highest BCUT2D eigenvalue weighted by atomic mass is 32.1. The molecule has 1 aromatic rings. The van der Waals surface area contributed by atoms with Gasteiger partial charge < -0.3 is 5.32 Å². The number of hydrogen-bond acceptors (Lipinski definition) is 2. The lowest BCUT2D eigenvalue weighted by atomic mass is 10.3. The van der Waals surface area contributed by atoms with E-state index in [0.29, 0.717) is 6.04 Å². The van der Waals surface area contributed by atoms with Crippen molar-refractivity contribution in [2.75, 3.05) is 6.54 Å². The lowest BCUT2D eigenvalue weighted by Crippen LogP contribution is -2.24.